The second-order valence-corrected chi connectivity index (χ2v) is 4.83. The van der Waals surface area contributed by atoms with Crippen molar-refractivity contribution in [2.45, 2.75) is 31.7 Å². The first-order chi connectivity index (χ1) is 9.50. The summed E-state index contributed by atoms with van der Waals surface area (Å²) in [6, 6.07) is 2.76. The summed E-state index contributed by atoms with van der Waals surface area (Å²) >= 11 is 0. The topological polar surface area (TPSA) is 57.6 Å². The number of carboxylic acids is 1. The zero-order chi connectivity index (χ0) is 14.7. The fourth-order valence-electron chi connectivity index (χ4n) is 2.44. The molecule has 1 heterocycles. The molecule has 1 atom stereocenters. The van der Waals surface area contributed by atoms with E-state index in [2.05, 4.69) is 0 Å². The summed E-state index contributed by atoms with van der Waals surface area (Å²) in [4.78, 5) is 24.5. The molecule has 1 saturated heterocycles. The van der Waals surface area contributed by atoms with E-state index in [1.807, 2.05) is 0 Å². The fourth-order valence-corrected chi connectivity index (χ4v) is 2.44. The highest BCUT2D eigenvalue weighted by molar-refractivity contribution is 5.85. The van der Waals surface area contributed by atoms with E-state index in [0.717, 1.165) is 18.9 Å². The van der Waals surface area contributed by atoms with Crippen LogP contribution in [0.5, 0.6) is 0 Å². The van der Waals surface area contributed by atoms with Crippen molar-refractivity contribution < 1.29 is 23.5 Å². The number of benzene rings is 1. The van der Waals surface area contributed by atoms with Gasteiger partial charge < -0.3 is 10.0 Å². The van der Waals surface area contributed by atoms with Gasteiger partial charge in [0.15, 0.2) is 11.6 Å². The Kier molecular flexibility index (Phi) is 4.32. The Balaban J connectivity index is 2.14. The Morgan fingerprint density at radius 3 is 2.75 bits per heavy atom. The molecule has 1 aliphatic rings. The largest absolute Gasteiger partial charge is 0.480 e. The molecule has 6 heteroatoms. The van der Waals surface area contributed by atoms with Crippen LogP contribution < -0.4 is 0 Å². The maximum absolute atomic E-state index is 13.5. The summed E-state index contributed by atoms with van der Waals surface area (Å²) in [7, 11) is 0. The normalized spacial score (nSPS) is 18.9. The van der Waals surface area contributed by atoms with Gasteiger partial charge >= 0.3 is 5.97 Å². The predicted molar refractivity (Wildman–Crippen MR) is 67.0 cm³/mol. The van der Waals surface area contributed by atoms with E-state index >= 15 is 0 Å². The molecule has 1 amide bonds. The summed E-state index contributed by atoms with van der Waals surface area (Å²) in [5, 5.41) is 9.09. The zero-order valence-electron chi connectivity index (χ0n) is 10.8. The van der Waals surface area contributed by atoms with E-state index in [-0.39, 0.29) is 12.0 Å². The van der Waals surface area contributed by atoms with Crippen LogP contribution in [-0.2, 0) is 16.0 Å². The highest BCUT2D eigenvalue weighted by atomic mass is 19.2. The van der Waals surface area contributed by atoms with Crippen LogP contribution in [0.3, 0.4) is 0 Å². The number of carbonyl (C=O) groups is 2. The standard InChI is InChI=1S/C14H15F2NO3/c15-10-5-3-4-9(13(10)16)8-12(18)17-7-2-1-6-11(17)14(19)20/h3-5,11H,1-2,6-8H2,(H,19,20)/t11-/m0/s1. The fraction of sp³-hybridized carbons (Fsp3) is 0.429. The number of nitrogens with zero attached hydrogens (tertiary/aromatic N) is 1. The molecule has 0 aromatic heterocycles. The summed E-state index contributed by atoms with van der Waals surface area (Å²) in [5.74, 6) is -3.60. The summed E-state index contributed by atoms with van der Waals surface area (Å²) in [6.07, 6.45) is 1.54. The van der Waals surface area contributed by atoms with E-state index < -0.39 is 29.6 Å². The van der Waals surface area contributed by atoms with Crippen molar-refractivity contribution in [1.29, 1.82) is 0 Å². The lowest BCUT2D eigenvalue weighted by molar-refractivity contribution is -0.151. The SMILES string of the molecule is O=C(O)[C@@H]1CCCCN1C(=O)Cc1cccc(F)c1F. The van der Waals surface area contributed by atoms with E-state index in [4.69, 9.17) is 5.11 Å². The number of hydrogen-bond donors (Lipinski definition) is 1. The molecule has 1 aliphatic heterocycles. The number of carboxylic acid groups (broad SMARTS) is 1. The average Bonchev–Trinajstić information content (AvgIpc) is 2.43. The molecule has 4 nitrogen and oxygen atoms in total. The quantitative estimate of drug-likeness (QED) is 0.922. The molecule has 1 aromatic carbocycles. The Bertz CT molecular complexity index is 533. The lowest BCUT2D eigenvalue weighted by Crippen LogP contribution is -2.48. The van der Waals surface area contributed by atoms with Crippen molar-refractivity contribution in [2.75, 3.05) is 6.54 Å². The molecule has 20 heavy (non-hydrogen) atoms. The molecule has 0 radical (unpaired) electrons. The van der Waals surface area contributed by atoms with Gasteiger partial charge in [0.25, 0.3) is 0 Å². The van der Waals surface area contributed by atoms with Gasteiger partial charge in [-0.1, -0.05) is 12.1 Å². The molecular weight excluding hydrogens is 268 g/mol. The third kappa shape index (κ3) is 2.95. The highest BCUT2D eigenvalue weighted by Crippen LogP contribution is 2.20. The third-order valence-corrected chi connectivity index (χ3v) is 3.48. The van der Waals surface area contributed by atoms with Gasteiger partial charge in [-0.2, -0.15) is 0 Å². The molecule has 0 bridgehead atoms. The maximum atomic E-state index is 13.5. The first-order valence-electron chi connectivity index (χ1n) is 6.46. The summed E-state index contributed by atoms with van der Waals surface area (Å²) in [6.45, 7) is 0.340. The molecule has 0 saturated carbocycles. The van der Waals surface area contributed by atoms with Gasteiger partial charge in [-0.25, -0.2) is 13.6 Å². The number of aliphatic carboxylic acids is 1. The second kappa shape index (κ2) is 5.98. The monoisotopic (exact) mass is 283 g/mol. The van der Waals surface area contributed by atoms with Gasteiger partial charge in [-0.05, 0) is 25.3 Å². The van der Waals surface area contributed by atoms with Crippen molar-refractivity contribution in [3.05, 3.63) is 35.4 Å². The zero-order valence-corrected chi connectivity index (χ0v) is 10.8. The summed E-state index contributed by atoms with van der Waals surface area (Å²) < 4.78 is 26.6. The molecule has 1 fully saturated rings. The van der Waals surface area contributed by atoms with Crippen LogP contribution in [0.4, 0.5) is 8.78 Å². The van der Waals surface area contributed by atoms with Gasteiger partial charge in [-0.3, -0.25) is 4.79 Å². The minimum atomic E-state index is -1.06. The molecule has 0 spiro atoms. The van der Waals surface area contributed by atoms with Crippen molar-refractivity contribution in [1.82, 2.24) is 4.90 Å². The van der Waals surface area contributed by atoms with Crippen molar-refractivity contribution in [3.63, 3.8) is 0 Å². The minimum Gasteiger partial charge on any atom is -0.480 e. The van der Waals surface area contributed by atoms with Crippen LogP contribution in [0.25, 0.3) is 0 Å². The Morgan fingerprint density at radius 2 is 2.05 bits per heavy atom. The Labute approximate surface area is 115 Å². The number of likely N-dealkylation sites (tertiary alicyclic amines) is 1. The predicted octanol–water partition coefficient (Wildman–Crippen LogP) is 1.97. The van der Waals surface area contributed by atoms with Gasteiger partial charge in [0, 0.05) is 12.1 Å². The molecule has 0 unspecified atom stereocenters. The molecule has 2 rings (SSSR count). The van der Waals surface area contributed by atoms with Gasteiger partial charge in [0.1, 0.15) is 6.04 Å². The van der Waals surface area contributed by atoms with E-state index in [0.29, 0.717) is 13.0 Å². The van der Waals surface area contributed by atoms with Crippen LogP contribution in [-0.4, -0.2) is 34.5 Å². The Hall–Kier alpha value is -1.98. The second-order valence-electron chi connectivity index (χ2n) is 4.83. The molecule has 1 N–H and O–H groups in total. The molecule has 0 aliphatic carbocycles. The van der Waals surface area contributed by atoms with Gasteiger partial charge in [-0.15, -0.1) is 0 Å². The highest BCUT2D eigenvalue weighted by Gasteiger charge is 2.32. The number of rotatable bonds is 3. The average molecular weight is 283 g/mol. The van der Waals surface area contributed by atoms with E-state index in [1.165, 1.54) is 17.0 Å². The third-order valence-electron chi connectivity index (χ3n) is 3.48. The van der Waals surface area contributed by atoms with Crippen molar-refractivity contribution in [2.24, 2.45) is 0 Å². The first-order valence-corrected chi connectivity index (χ1v) is 6.46. The van der Waals surface area contributed by atoms with Crippen molar-refractivity contribution in [3.8, 4) is 0 Å². The van der Waals surface area contributed by atoms with Crippen LogP contribution >= 0.6 is 0 Å². The molecule has 108 valence electrons. The maximum Gasteiger partial charge on any atom is 0.326 e. The smallest absolute Gasteiger partial charge is 0.326 e. The lowest BCUT2D eigenvalue weighted by Gasteiger charge is -2.33. The van der Waals surface area contributed by atoms with E-state index in [1.54, 1.807) is 0 Å². The van der Waals surface area contributed by atoms with Crippen LogP contribution in [0.2, 0.25) is 0 Å². The van der Waals surface area contributed by atoms with Crippen LogP contribution in [0.15, 0.2) is 18.2 Å². The number of halogens is 2. The summed E-state index contributed by atoms with van der Waals surface area (Å²) in [5.41, 5.74) is -0.0512. The lowest BCUT2D eigenvalue weighted by atomic mass is 10.0. The first kappa shape index (κ1) is 14.4. The molecule has 1 aromatic rings. The van der Waals surface area contributed by atoms with Gasteiger partial charge in [0.2, 0.25) is 5.91 Å². The van der Waals surface area contributed by atoms with E-state index in [9.17, 15) is 18.4 Å². The number of amides is 1. The Morgan fingerprint density at radius 1 is 1.30 bits per heavy atom. The van der Waals surface area contributed by atoms with Crippen LogP contribution in [0.1, 0.15) is 24.8 Å². The van der Waals surface area contributed by atoms with Crippen molar-refractivity contribution >= 4 is 11.9 Å². The molecular formula is C14H15F2NO3. The van der Waals surface area contributed by atoms with Crippen LogP contribution in [0, 0.1) is 11.6 Å². The number of piperidine rings is 1. The van der Waals surface area contributed by atoms with Gasteiger partial charge in [0.05, 0.1) is 6.42 Å². The minimum absolute atomic E-state index is 0.0512. The number of carbonyl (C=O) groups excluding carboxylic acids is 1. The number of hydrogen-bond acceptors (Lipinski definition) is 2.